The molecule has 0 aliphatic rings. The fourth-order valence-corrected chi connectivity index (χ4v) is 1.74. The first-order chi connectivity index (χ1) is 9.19. The Morgan fingerprint density at radius 2 is 1.95 bits per heavy atom. The van der Waals surface area contributed by atoms with Crippen LogP contribution >= 0.6 is 11.6 Å². The molecular weight excluding hydrogens is 260 g/mol. The average molecular weight is 271 g/mol. The Morgan fingerprint density at radius 1 is 1.21 bits per heavy atom. The third-order valence-electron chi connectivity index (χ3n) is 2.61. The van der Waals surface area contributed by atoms with Crippen molar-refractivity contribution in [3.8, 4) is 6.07 Å². The fourth-order valence-electron chi connectivity index (χ4n) is 1.62. The molecule has 0 aliphatic carbocycles. The molecule has 94 valence electrons. The SMILES string of the molecule is N#Cc1cccc(NCC(=O)c2ccc(Cl)cc2)c1. The maximum atomic E-state index is 11.9. The average Bonchev–Trinajstić information content (AvgIpc) is 2.46. The molecule has 0 atom stereocenters. The van der Waals surface area contributed by atoms with Crippen molar-refractivity contribution in [2.24, 2.45) is 0 Å². The molecule has 19 heavy (non-hydrogen) atoms. The summed E-state index contributed by atoms with van der Waals surface area (Å²) in [6.07, 6.45) is 0. The van der Waals surface area contributed by atoms with E-state index < -0.39 is 0 Å². The van der Waals surface area contributed by atoms with E-state index in [2.05, 4.69) is 11.4 Å². The summed E-state index contributed by atoms with van der Waals surface area (Å²) >= 11 is 5.77. The van der Waals surface area contributed by atoms with Crippen molar-refractivity contribution in [3.63, 3.8) is 0 Å². The van der Waals surface area contributed by atoms with Crippen molar-refractivity contribution in [3.05, 3.63) is 64.7 Å². The van der Waals surface area contributed by atoms with E-state index in [1.54, 1.807) is 42.5 Å². The van der Waals surface area contributed by atoms with Gasteiger partial charge in [0.25, 0.3) is 0 Å². The molecule has 0 amide bonds. The molecule has 3 nitrogen and oxygen atoms in total. The summed E-state index contributed by atoms with van der Waals surface area (Å²) < 4.78 is 0. The van der Waals surface area contributed by atoms with Crippen molar-refractivity contribution in [2.45, 2.75) is 0 Å². The number of anilines is 1. The van der Waals surface area contributed by atoms with Crippen LogP contribution < -0.4 is 5.32 Å². The smallest absolute Gasteiger partial charge is 0.181 e. The summed E-state index contributed by atoms with van der Waals surface area (Å²) in [5.41, 5.74) is 1.92. The Kier molecular flexibility index (Phi) is 4.17. The predicted molar refractivity (Wildman–Crippen MR) is 75.4 cm³/mol. The standard InChI is InChI=1S/C15H11ClN2O/c16-13-6-4-12(5-7-13)15(19)10-18-14-3-1-2-11(8-14)9-17/h1-8,18H,10H2. The summed E-state index contributed by atoms with van der Waals surface area (Å²) in [4.78, 5) is 11.9. The number of rotatable bonds is 4. The van der Waals surface area contributed by atoms with Gasteiger partial charge in [-0.15, -0.1) is 0 Å². The lowest BCUT2D eigenvalue weighted by molar-refractivity contribution is 0.101. The highest BCUT2D eigenvalue weighted by molar-refractivity contribution is 6.30. The molecule has 1 N–H and O–H groups in total. The second-order valence-corrected chi connectivity index (χ2v) is 4.41. The van der Waals surface area contributed by atoms with Crippen LogP contribution in [0.1, 0.15) is 15.9 Å². The van der Waals surface area contributed by atoms with Gasteiger partial charge in [0.1, 0.15) is 0 Å². The van der Waals surface area contributed by atoms with E-state index in [1.807, 2.05) is 6.07 Å². The maximum Gasteiger partial charge on any atom is 0.181 e. The first-order valence-corrected chi connectivity index (χ1v) is 6.09. The van der Waals surface area contributed by atoms with Gasteiger partial charge in [-0.25, -0.2) is 0 Å². The van der Waals surface area contributed by atoms with Gasteiger partial charge in [-0.05, 0) is 42.5 Å². The number of Topliss-reactive ketones (excluding diaryl/α,β-unsaturated/α-hetero) is 1. The molecule has 0 spiro atoms. The Labute approximate surface area is 116 Å². The van der Waals surface area contributed by atoms with Crippen LogP contribution in [0.25, 0.3) is 0 Å². The predicted octanol–water partition coefficient (Wildman–Crippen LogP) is 3.51. The number of hydrogen-bond donors (Lipinski definition) is 1. The van der Waals surface area contributed by atoms with E-state index in [9.17, 15) is 4.79 Å². The lowest BCUT2D eigenvalue weighted by Crippen LogP contribution is -2.13. The zero-order valence-electron chi connectivity index (χ0n) is 10.1. The van der Waals surface area contributed by atoms with Gasteiger partial charge in [-0.2, -0.15) is 5.26 Å². The van der Waals surface area contributed by atoms with E-state index in [-0.39, 0.29) is 12.3 Å². The van der Waals surface area contributed by atoms with Crippen LogP contribution in [0.4, 0.5) is 5.69 Å². The van der Waals surface area contributed by atoms with Gasteiger partial charge in [0.2, 0.25) is 0 Å². The van der Waals surface area contributed by atoms with Gasteiger partial charge >= 0.3 is 0 Å². The lowest BCUT2D eigenvalue weighted by Gasteiger charge is -2.06. The van der Waals surface area contributed by atoms with Crippen molar-refractivity contribution in [1.82, 2.24) is 0 Å². The Morgan fingerprint density at radius 3 is 2.63 bits per heavy atom. The van der Waals surface area contributed by atoms with Crippen LogP contribution in [0, 0.1) is 11.3 Å². The van der Waals surface area contributed by atoms with Gasteiger partial charge in [-0.1, -0.05) is 17.7 Å². The zero-order valence-corrected chi connectivity index (χ0v) is 10.8. The number of hydrogen-bond acceptors (Lipinski definition) is 3. The molecular formula is C15H11ClN2O. The summed E-state index contributed by atoms with van der Waals surface area (Å²) in [7, 11) is 0. The van der Waals surface area contributed by atoms with Crippen LogP contribution in [0.3, 0.4) is 0 Å². The minimum absolute atomic E-state index is 0.0287. The molecule has 2 rings (SSSR count). The molecule has 2 aromatic carbocycles. The first kappa shape index (κ1) is 13.1. The van der Waals surface area contributed by atoms with Crippen LogP contribution in [-0.2, 0) is 0 Å². The normalized spacial score (nSPS) is 9.68. The molecule has 0 bridgehead atoms. The van der Waals surface area contributed by atoms with Crippen molar-refractivity contribution in [2.75, 3.05) is 11.9 Å². The number of benzene rings is 2. The molecule has 0 saturated carbocycles. The van der Waals surface area contributed by atoms with E-state index in [0.29, 0.717) is 16.1 Å². The zero-order chi connectivity index (χ0) is 13.7. The van der Waals surface area contributed by atoms with Gasteiger partial charge in [0.05, 0.1) is 18.2 Å². The van der Waals surface area contributed by atoms with Crippen molar-refractivity contribution < 1.29 is 4.79 Å². The molecule has 2 aromatic rings. The summed E-state index contributed by atoms with van der Waals surface area (Å²) in [6, 6.07) is 15.8. The number of nitrogens with one attached hydrogen (secondary N) is 1. The third kappa shape index (κ3) is 3.57. The second-order valence-electron chi connectivity index (χ2n) is 3.98. The van der Waals surface area contributed by atoms with Crippen LogP contribution in [0.2, 0.25) is 5.02 Å². The molecule has 0 aromatic heterocycles. The first-order valence-electron chi connectivity index (χ1n) is 5.72. The molecule has 0 heterocycles. The number of halogens is 1. The molecule has 4 heteroatoms. The molecule has 0 saturated heterocycles. The number of carbonyl (C=O) groups excluding carboxylic acids is 1. The summed E-state index contributed by atoms with van der Waals surface area (Å²) in [6.45, 7) is 0.177. The van der Waals surface area contributed by atoms with Gasteiger partial charge in [0.15, 0.2) is 5.78 Å². The van der Waals surface area contributed by atoms with E-state index >= 15 is 0 Å². The lowest BCUT2D eigenvalue weighted by atomic mass is 10.1. The van der Waals surface area contributed by atoms with E-state index in [4.69, 9.17) is 16.9 Å². The van der Waals surface area contributed by atoms with Crippen LogP contribution in [0.5, 0.6) is 0 Å². The highest BCUT2D eigenvalue weighted by Gasteiger charge is 2.05. The highest BCUT2D eigenvalue weighted by Crippen LogP contribution is 2.12. The molecule has 0 unspecified atom stereocenters. The summed E-state index contributed by atoms with van der Waals surface area (Å²) in [5.74, 6) is -0.0287. The van der Waals surface area contributed by atoms with Gasteiger partial charge in [-0.3, -0.25) is 4.79 Å². The Bertz CT molecular complexity index is 629. The van der Waals surface area contributed by atoms with Crippen LogP contribution in [-0.4, -0.2) is 12.3 Å². The van der Waals surface area contributed by atoms with Gasteiger partial charge in [0, 0.05) is 16.3 Å². The Balaban J connectivity index is 2.00. The minimum atomic E-state index is -0.0287. The van der Waals surface area contributed by atoms with Crippen LogP contribution in [0.15, 0.2) is 48.5 Å². The number of ketones is 1. The topological polar surface area (TPSA) is 52.9 Å². The third-order valence-corrected chi connectivity index (χ3v) is 2.86. The Hall–Kier alpha value is -2.31. The second kappa shape index (κ2) is 6.03. The number of nitriles is 1. The number of nitrogens with zero attached hydrogens (tertiary/aromatic N) is 1. The minimum Gasteiger partial charge on any atom is -0.378 e. The summed E-state index contributed by atoms with van der Waals surface area (Å²) in [5, 5.41) is 12.4. The number of carbonyl (C=O) groups is 1. The van der Waals surface area contributed by atoms with Crippen molar-refractivity contribution in [1.29, 1.82) is 5.26 Å². The van der Waals surface area contributed by atoms with E-state index in [1.165, 1.54) is 0 Å². The monoisotopic (exact) mass is 270 g/mol. The maximum absolute atomic E-state index is 11.9. The van der Waals surface area contributed by atoms with Crippen molar-refractivity contribution >= 4 is 23.1 Å². The highest BCUT2D eigenvalue weighted by atomic mass is 35.5. The quantitative estimate of drug-likeness (QED) is 0.865. The largest absolute Gasteiger partial charge is 0.378 e. The van der Waals surface area contributed by atoms with E-state index in [0.717, 1.165) is 5.69 Å². The van der Waals surface area contributed by atoms with Gasteiger partial charge < -0.3 is 5.32 Å². The fraction of sp³-hybridized carbons (Fsp3) is 0.0667. The molecule has 0 radical (unpaired) electrons. The molecule has 0 aliphatic heterocycles. The molecule has 0 fully saturated rings.